The van der Waals surface area contributed by atoms with Gasteiger partial charge < -0.3 is 15.8 Å². The number of aromatic nitrogens is 1. The van der Waals surface area contributed by atoms with E-state index in [9.17, 15) is 23.7 Å². The van der Waals surface area contributed by atoms with Crippen LogP contribution in [0.4, 0.5) is 20.3 Å². The summed E-state index contributed by atoms with van der Waals surface area (Å²) >= 11 is 0. The third kappa shape index (κ3) is 4.12. The second-order valence-corrected chi connectivity index (χ2v) is 4.56. The van der Waals surface area contributed by atoms with Crippen LogP contribution in [0.1, 0.15) is 10.4 Å². The van der Waals surface area contributed by atoms with E-state index in [1.54, 1.807) is 0 Å². The van der Waals surface area contributed by atoms with Crippen LogP contribution in [0.2, 0.25) is 0 Å². The molecule has 2 rings (SSSR count). The molecule has 0 atom stereocenters. The quantitative estimate of drug-likeness (QED) is 0.451. The molecule has 0 radical (unpaired) electrons. The highest BCUT2D eigenvalue weighted by atomic mass is 19.1. The lowest BCUT2D eigenvalue weighted by atomic mass is 10.2. The minimum Gasteiger partial charge on any atom is -0.489 e. The molecule has 0 fully saturated rings. The van der Waals surface area contributed by atoms with E-state index in [4.69, 9.17) is 10.5 Å². The van der Waals surface area contributed by atoms with Crippen LogP contribution < -0.4 is 15.8 Å². The van der Waals surface area contributed by atoms with E-state index in [-0.39, 0.29) is 36.0 Å². The maximum Gasteiger partial charge on any atom is 0.288 e. The molecule has 0 unspecified atom stereocenters. The van der Waals surface area contributed by atoms with Crippen LogP contribution in [0.3, 0.4) is 0 Å². The molecule has 0 aliphatic heterocycles. The van der Waals surface area contributed by atoms with Crippen molar-refractivity contribution < 1.29 is 23.2 Å². The first kappa shape index (κ1) is 17.1. The van der Waals surface area contributed by atoms with Crippen molar-refractivity contribution in [3.05, 3.63) is 57.8 Å². The van der Waals surface area contributed by atoms with Gasteiger partial charge in [0.1, 0.15) is 24.4 Å². The predicted molar refractivity (Wildman–Crippen MR) is 79.8 cm³/mol. The number of primary amides is 1. The number of nitrogens with two attached hydrogens (primary N) is 1. The van der Waals surface area contributed by atoms with Crippen LogP contribution in [0, 0.1) is 21.7 Å². The lowest BCUT2D eigenvalue weighted by molar-refractivity contribution is -0.385. The number of halogens is 2. The molecule has 2 aromatic rings. The maximum atomic E-state index is 13.4. The van der Waals surface area contributed by atoms with Gasteiger partial charge in [-0.15, -0.1) is 0 Å². The molecule has 126 valence electrons. The van der Waals surface area contributed by atoms with Gasteiger partial charge in [0.2, 0.25) is 0 Å². The number of nitro groups is 1. The number of nitrogens with zero attached hydrogens (tertiary/aromatic N) is 2. The van der Waals surface area contributed by atoms with Crippen molar-refractivity contribution in [2.75, 3.05) is 18.5 Å². The summed E-state index contributed by atoms with van der Waals surface area (Å²) in [5.74, 6) is -2.55. The second kappa shape index (κ2) is 7.31. The average Bonchev–Trinajstić information content (AvgIpc) is 2.52. The predicted octanol–water partition coefficient (Wildman–Crippen LogP) is 1.86. The van der Waals surface area contributed by atoms with Crippen LogP contribution in [0.25, 0.3) is 0 Å². The Kier molecular flexibility index (Phi) is 5.20. The van der Waals surface area contributed by atoms with Gasteiger partial charge in [0.25, 0.3) is 11.6 Å². The number of anilines is 1. The number of hydrogen-bond donors (Lipinski definition) is 2. The number of nitrogens with one attached hydrogen (secondary N) is 1. The molecule has 0 aliphatic carbocycles. The Bertz CT molecular complexity index is 785. The number of carbonyl (C=O) groups is 1. The van der Waals surface area contributed by atoms with Gasteiger partial charge in [-0.2, -0.15) is 0 Å². The van der Waals surface area contributed by atoms with E-state index in [1.165, 1.54) is 0 Å². The lowest BCUT2D eigenvalue weighted by Gasteiger charge is -2.10. The van der Waals surface area contributed by atoms with Gasteiger partial charge in [-0.3, -0.25) is 14.9 Å². The summed E-state index contributed by atoms with van der Waals surface area (Å²) in [5, 5.41) is 13.4. The SMILES string of the molecule is NC(=O)c1cc([N+](=O)[O-])cnc1NCCOc1ccc(F)cc1F. The molecule has 1 amide bonds. The van der Waals surface area contributed by atoms with Crippen LogP contribution >= 0.6 is 0 Å². The van der Waals surface area contributed by atoms with Crippen molar-refractivity contribution >= 4 is 17.4 Å². The van der Waals surface area contributed by atoms with Gasteiger partial charge in [-0.05, 0) is 12.1 Å². The number of ether oxygens (including phenoxy) is 1. The fraction of sp³-hybridized carbons (Fsp3) is 0.143. The van der Waals surface area contributed by atoms with Crippen molar-refractivity contribution in [2.24, 2.45) is 5.73 Å². The van der Waals surface area contributed by atoms with E-state index in [0.717, 1.165) is 24.4 Å². The number of pyridine rings is 1. The fourth-order valence-corrected chi connectivity index (χ4v) is 1.80. The summed E-state index contributed by atoms with van der Waals surface area (Å²) in [6.45, 7) is 0.0708. The zero-order chi connectivity index (χ0) is 17.7. The van der Waals surface area contributed by atoms with E-state index >= 15 is 0 Å². The number of amides is 1. The molecule has 1 aromatic heterocycles. The summed E-state index contributed by atoms with van der Waals surface area (Å²) < 4.78 is 31.2. The summed E-state index contributed by atoms with van der Waals surface area (Å²) in [7, 11) is 0. The van der Waals surface area contributed by atoms with Crippen molar-refractivity contribution in [3.63, 3.8) is 0 Å². The molecule has 3 N–H and O–H groups in total. The topological polar surface area (TPSA) is 120 Å². The van der Waals surface area contributed by atoms with Crippen LogP contribution in [0.5, 0.6) is 5.75 Å². The highest BCUT2D eigenvalue weighted by Gasteiger charge is 2.16. The zero-order valence-electron chi connectivity index (χ0n) is 12.2. The van der Waals surface area contributed by atoms with Gasteiger partial charge in [-0.25, -0.2) is 13.8 Å². The van der Waals surface area contributed by atoms with Gasteiger partial charge >= 0.3 is 0 Å². The largest absolute Gasteiger partial charge is 0.489 e. The highest BCUT2D eigenvalue weighted by molar-refractivity contribution is 5.98. The normalized spacial score (nSPS) is 10.2. The summed E-state index contributed by atoms with van der Waals surface area (Å²) in [6, 6.07) is 3.88. The number of benzene rings is 1. The zero-order valence-corrected chi connectivity index (χ0v) is 12.2. The van der Waals surface area contributed by atoms with E-state index in [0.29, 0.717) is 6.07 Å². The van der Waals surface area contributed by atoms with Crippen LogP contribution in [-0.2, 0) is 0 Å². The highest BCUT2D eigenvalue weighted by Crippen LogP contribution is 2.19. The molecule has 10 heteroatoms. The first-order valence-electron chi connectivity index (χ1n) is 6.64. The molecular weight excluding hydrogens is 326 g/mol. The number of carbonyl (C=O) groups excluding carboxylic acids is 1. The Balaban J connectivity index is 1.99. The Morgan fingerprint density at radius 1 is 1.38 bits per heavy atom. The minimum absolute atomic E-state index is 0.0284. The van der Waals surface area contributed by atoms with Crippen LogP contribution in [-0.4, -0.2) is 29.0 Å². The maximum absolute atomic E-state index is 13.4. The molecule has 0 saturated carbocycles. The molecule has 0 aliphatic rings. The Labute approximate surface area is 134 Å². The standard InChI is InChI=1S/C14H12F2N4O4/c15-8-1-2-12(11(16)5-8)24-4-3-18-14-10(13(17)21)6-9(7-19-14)20(22)23/h1-2,5-7H,3-4H2,(H2,17,21)(H,18,19). The average molecular weight is 338 g/mol. The molecule has 0 saturated heterocycles. The van der Waals surface area contributed by atoms with Crippen molar-refractivity contribution in [1.29, 1.82) is 0 Å². The van der Waals surface area contributed by atoms with Gasteiger partial charge in [0.05, 0.1) is 17.0 Å². The molecular formula is C14H12F2N4O4. The van der Waals surface area contributed by atoms with Gasteiger partial charge in [0.15, 0.2) is 11.6 Å². The third-order valence-corrected chi connectivity index (χ3v) is 2.90. The van der Waals surface area contributed by atoms with E-state index in [1.807, 2.05) is 0 Å². The summed E-state index contributed by atoms with van der Waals surface area (Å²) in [4.78, 5) is 25.1. The van der Waals surface area contributed by atoms with Gasteiger partial charge in [0, 0.05) is 12.1 Å². The summed E-state index contributed by atoms with van der Waals surface area (Å²) in [5.41, 5.74) is 4.62. The third-order valence-electron chi connectivity index (χ3n) is 2.90. The molecule has 1 aromatic carbocycles. The molecule has 0 spiro atoms. The van der Waals surface area contributed by atoms with Crippen molar-refractivity contribution in [2.45, 2.75) is 0 Å². The van der Waals surface area contributed by atoms with E-state index < -0.39 is 22.5 Å². The van der Waals surface area contributed by atoms with Crippen molar-refractivity contribution in [1.82, 2.24) is 4.98 Å². The summed E-state index contributed by atoms with van der Waals surface area (Å²) in [6.07, 6.45) is 0.968. The monoisotopic (exact) mass is 338 g/mol. The Hall–Kier alpha value is -3.30. The molecule has 8 nitrogen and oxygen atoms in total. The van der Waals surface area contributed by atoms with E-state index in [2.05, 4.69) is 10.3 Å². The minimum atomic E-state index is -0.890. The number of hydrogen-bond acceptors (Lipinski definition) is 6. The smallest absolute Gasteiger partial charge is 0.288 e. The lowest BCUT2D eigenvalue weighted by Crippen LogP contribution is -2.19. The molecule has 1 heterocycles. The Morgan fingerprint density at radius 3 is 2.75 bits per heavy atom. The number of rotatable bonds is 7. The first-order valence-corrected chi connectivity index (χ1v) is 6.64. The second-order valence-electron chi connectivity index (χ2n) is 4.56. The molecule has 24 heavy (non-hydrogen) atoms. The van der Waals surface area contributed by atoms with Gasteiger partial charge in [-0.1, -0.05) is 0 Å². The molecule has 0 bridgehead atoms. The Morgan fingerprint density at radius 2 is 2.12 bits per heavy atom. The first-order chi connectivity index (χ1) is 11.4. The van der Waals surface area contributed by atoms with Crippen LogP contribution in [0.15, 0.2) is 30.5 Å². The fourth-order valence-electron chi connectivity index (χ4n) is 1.80. The van der Waals surface area contributed by atoms with Crippen molar-refractivity contribution in [3.8, 4) is 5.75 Å².